The lowest BCUT2D eigenvalue weighted by atomic mass is 10.1. The van der Waals surface area contributed by atoms with E-state index in [-0.39, 0.29) is 19.3 Å². The third-order valence-electron chi connectivity index (χ3n) is 3.66. The third-order valence-corrected chi connectivity index (χ3v) is 3.66. The van der Waals surface area contributed by atoms with Crippen molar-refractivity contribution in [1.82, 2.24) is 0 Å². The summed E-state index contributed by atoms with van der Waals surface area (Å²) in [5.74, 6) is -0.106. The van der Waals surface area contributed by atoms with E-state index in [4.69, 9.17) is 14.6 Å². The fourth-order valence-electron chi connectivity index (χ4n) is 2.33. The van der Waals surface area contributed by atoms with Gasteiger partial charge < -0.3 is 19.9 Å². The predicted molar refractivity (Wildman–Crippen MR) is 99.4 cm³/mol. The molecule has 2 rings (SSSR count). The maximum absolute atomic E-state index is 11.4. The van der Waals surface area contributed by atoms with E-state index in [1.54, 1.807) is 12.1 Å². The number of carboxylic acid groups (broad SMARTS) is 1. The first kappa shape index (κ1) is 20.0. The molecule has 0 fully saturated rings. The second-order valence-corrected chi connectivity index (χ2v) is 5.84. The SMILES string of the molecule is Cc1cc(NC(=O)C=O)c(OCCCCC(=O)O)cc1Oc1ccccc1. The average molecular weight is 371 g/mol. The number of carboxylic acids is 1. The normalized spacial score (nSPS) is 10.1. The van der Waals surface area contributed by atoms with Crippen LogP contribution in [0.4, 0.5) is 5.69 Å². The summed E-state index contributed by atoms with van der Waals surface area (Å²) in [6.07, 6.45) is 1.26. The Balaban J connectivity index is 2.17. The van der Waals surface area contributed by atoms with Gasteiger partial charge in [0.1, 0.15) is 17.2 Å². The number of carbonyl (C=O) groups excluding carboxylic acids is 2. The van der Waals surface area contributed by atoms with Crippen LogP contribution in [-0.2, 0) is 14.4 Å². The second kappa shape index (κ2) is 9.96. The molecule has 2 aromatic carbocycles. The van der Waals surface area contributed by atoms with Gasteiger partial charge in [-0.15, -0.1) is 0 Å². The number of rotatable bonds is 10. The van der Waals surface area contributed by atoms with E-state index in [2.05, 4.69) is 5.32 Å². The maximum Gasteiger partial charge on any atom is 0.303 e. The standard InChI is InChI=1S/C20H21NO6/c1-14-11-16(21-19(23)13-22)18(26-10-6-5-9-20(24)25)12-17(14)27-15-7-3-2-4-8-15/h2-4,7-8,11-13H,5-6,9-10H2,1H3,(H,21,23)(H,24,25). The van der Waals surface area contributed by atoms with Gasteiger partial charge in [-0.25, -0.2) is 0 Å². The number of benzene rings is 2. The van der Waals surface area contributed by atoms with E-state index in [1.165, 1.54) is 0 Å². The topological polar surface area (TPSA) is 102 Å². The number of unbranched alkanes of at least 4 members (excludes halogenated alkanes) is 1. The van der Waals surface area contributed by atoms with Crippen molar-refractivity contribution in [3.8, 4) is 17.2 Å². The summed E-state index contributed by atoms with van der Waals surface area (Å²) in [5.41, 5.74) is 1.10. The molecular formula is C20H21NO6. The Hall–Kier alpha value is -3.35. The van der Waals surface area contributed by atoms with Gasteiger partial charge in [-0.05, 0) is 43.5 Å². The van der Waals surface area contributed by atoms with Gasteiger partial charge in [0, 0.05) is 12.5 Å². The van der Waals surface area contributed by atoms with Crippen LogP contribution in [0.15, 0.2) is 42.5 Å². The summed E-state index contributed by atoms with van der Waals surface area (Å²) in [6.45, 7) is 2.08. The number of hydrogen-bond donors (Lipinski definition) is 2. The highest BCUT2D eigenvalue weighted by Crippen LogP contribution is 2.35. The third kappa shape index (κ3) is 6.47. The molecule has 142 valence electrons. The van der Waals surface area contributed by atoms with Crippen LogP contribution in [-0.4, -0.2) is 29.9 Å². The van der Waals surface area contributed by atoms with Crippen molar-refractivity contribution in [3.05, 3.63) is 48.0 Å². The van der Waals surface area contributed by atoms with Gasteiger partial charge in [-0.2, -0.15) is 0 Å². The number of aryl methyl sites for hydroxylation is 1. The first-order valence-electron chi connectivity index (χ1n) is 8.48. The van der Waals surface area contributed by atoms with E-state index in [9.17, 15) is 14.4 Å². The van der Waals surface area contributed by atoms with Crippen LogP contribution in [0, 0.1) is 6.92 Å². The molecule has 2 N–H and O–H groups in total. The molecule has 1 amide bonds. The van der Waals surface area contributed by atoms with Gasteiger partial charge in [0.2, 0.25) is 6.29 Å². The number of nitrogens with one attached hydrogen (secondary N) is 1. The minimum absolute atomic E-state index is 0.0639. The fraction of sp³-hybridized carbons (Fsp3) is 0.250. The minimum Gasteiger partial charge on any atom is -0.491 e. The number of amides is 1. The molecule has 0 heterocycles. The molecule has 0 unspecified atom stereocenters. The lowest BCUT2D eigenvalue weighted by Crippen LogP contribution is -2.14. The molecule has 0 aliphatic carbocycles. The Labute approximate surface area is 156 Å². The molecule has 0 saturated carbocycles. The molecule has 0 aliphatic rings. The number of para-hydroxylation sites is 1. The van der Waals surface area contributed by atoms with Crippen LogP contribution in [0.5, 0.6) is 17.2 Å². The highest BCUT2D eigenvalue weighted by molar-refractivity contribution is 6.29. The monoisotopic (exact) mass is 371 g/mol. The van der Waals surface area contributed by atoms with Crippen molar-refractivity contribution in [3.63, 3.8) is 0 Å². The van der Waals surface area contributed by atoms with Crippen LogP contribution in [0.25, 0.3) is 0 Å². The summed E-state index contributed by atoms with van der Waals surface area (Å²) in [5, 5.41) is 11.1. The molecule has 2 aromatic rings. The number of aldehydes is 1. The molecule has 27 heavy (non-hydrogen) atoms. The highest BCUT2D eigenvalue weighted by atomic mass is 16.5. The van der Waals surface area contributed by atoms with E-state index >= 15 is 0 Å². The largest absolute Gasteiger partial charge is 0.491 e. The van der Waals surface area contributed by atoms with Crippen molar-refractivity contribution < 1.29 is 29.0 Å². The first-order valence-corrected chi connectivity index (χ1v) is 8.48. The fourth-order valence-corrected chi connectivity index (χ4v) is 2.33. The zero-order valence-corrected chi connectivity index (χ0v) is 14.9. The molecule has 0 atom stereocenters. The average Bonchev–Trinajstić information content (AvgIpc) is 2.65. The Bertz CT molecular complexity index is 804. The Morgan fingerprint density at radius 1 is 1.11 bits per heavy atom. The van der Waals surface area contributed by atoms with E-state index in [0.29, 0.717) is 35.8 Å². The highest BCUT2D eigenvalue weighted by Gasteiger charge is 2.13. The molecular weight excluding hydrogens is 350 g/mol. The molecule has 0 aliphatic heterocycles. The van der Waals surface area contributed by atoms with Gasteiger partial charge in [0.05, 0.1) is 12.3 Å². The van der Waals surface area contributed by atoms with Crippen molar-refractivity contribution in [2.24, 2.45) is 0 Å². The molecule has 7 nitrogen and oxygen atoms in total. The lowest BCUT2D eigenvalue weighted by molar-refractivity contribution is -0.137. The zero-order chi connectivity index (χ0) is 19.6. The van der Waals surface area contributed by atoms with Crippen molar-refractivity contribution in [2.45, 2.75) is 26.2 Å². The van der Waals surface area contributed by atoms with Gasteiger partial charge in [-0.3, -0.25) is 14.4 Å². The van der Waals surface area contributed by atoms with Crippen LogP contribution < -0.4 is 14.8 Å². The lowest BCUT2D eigenvalue weighted by Gasteiger charge is -2.16. The second-order valence-electron chi connectivity index (χ2n) is 5.84. The summed E-state index contributed by atoms with van der Waals surface area (Å²) in [7, 11) is 0. The predicted octanol–water partition coefficient (Wildman–Crippen LogP) is 3.56. The van der Waals surface area contributed by atoms with Gasteiger partial charge in [0.15, 0.2) is 0 Å². The number of anilines is 1. The summed E-state index contributed by atoms with van der Waals surface area (Å²) in [4.78, 5) is 32.6. The Morgan fingerprint density at radius 3 is 2.52 bits per heavy atom. The summed E-state index contributed by atoms with van der Waals surface area (Å²) >= 11 is 0. The minimum atomic E-state index is -0.859. The van der Waals surface area contributed by atoms with Gasteiger partial charge in [0.25, 0.3) is 5.91 Å². The number of carbonyl (C=O) groups is 3. The van der Waals surface area contributed by atoms with E-state index in [0.717, 1.165) is 5.56 Å². The molecule has 7 heteroatoms. The van der Waals surface area contributed by atoms with Crippen LogP contribution in [0.2, 0.25) is 0 Å². The van der Waals surface area contributed by atoms with Gasteiger partial charge in [-0.1, -0.05) is 18.2 Å². The first-order chi connectivity index (χ1) is 13.0. The Kier molecular flexibility index (Phi) is 7.37. The molecule has 0 saturated heterocycles. The number of hydrogen-bond acceptors (Lipinski definition) is 5. The summed E-state index contributed by atoms with van der Waals surface area (Å²) < 4.78 is 11.5. The van der Waals surface area contributed by atoms with Crippen molar-refractivity contribution in [1.29, 1.82) is 0 Å². The quantitative estimate of drug-likeness (QED) is 0.376. The van der Waals surface area contributed by atoms with Crippen LogP contribution >= 0.6 is 0 Å². The van der Waals surface area contributed by atoms with Crippen molar-refractivity contribution in [2.75, 3.05) is 11.9 Å². The smallest absolute Gasteiger partial charge is 0.303 e. The van der Waals surface area contributed by atoms with E-state index in [1.807, 2.05) is 37.3 Å². The maximum atomic E-state index is 11.4. The van der Waals surface area contributed by atoms with Crippen LogP contribution in [0.3, 0.4) is 0 Å². The number of ether oxygens (including phenoxy) is 2. The molecule has 0 spiro atoms. The van der Waals surface area contributed by atoms with Crippen LogP contribution in [0.1, 0.15) is 24.8 Å². The van der Waals surface area contributed by atoms with Gasteiger partial charge >= 0.3 is 5.97 Å². The van der Waals surface area contributed by atoms with E-state index < -0.39 is 11.9 Å². The Morgan fingerprint density at radius 2 is 1.85 bits per heavy atom. The summed E-state index contributed by atoms with van der Waals surface area (Å²) in [6, 6.07) is 12.5. The molecule has 0 aromatic heterocycles. The zero-order valence-electron chi connectivity index (χ0n) is 14.9. The number of aliphatic carboxylic acids is 1. The molecule has 0 radical (unpaired) electrons. The molecule has 0 bridgehead atoms. The van der Waals surface area contributed by atoms with Crippen molar-refractivity contribution >= 4 is 23.9 Å².